The maximum Gasteiger partial charge on any atom is 0.254 e. The largest absolute Gasteiger partial charge is 0.337 e. The third-order valence-electron chi connectivity index (χ3n) is 5.10. The molecule has 7 nitrogen and oxygen atoms in total. The van der Waals surface area contributed by atoms with Crippen molar-refractivity contribution in [2.24, 2.45) is 7.05 Å². The number of carbonyl (C=O) groups is 1. The van der Waals surface area contributed by atoms with Gasteiger partial charge in [-0.2, -0.15) is 10.2 Å². The van der Waals surface area contributed by atoms with Gasteiger partial charge in [-0.15, -0.1) is 11.3 Å². The molecule has 0 aromatic carbocycles. The average Bonchev–Trinajstić information content (AvgIpc) is 3.42. The molecule has 0 spiro atoms. The smallest absolute Gasteiger partial charge is 0.254 e. The zero-order valence-electron chi connectivity index (χ0n) is 17.3. The molecule has 0 radical (unpaired) electrons. The summed E-state index contributed by atoms with van der Waals surface area (Å²) in [6.45, 7) is 7.26. The Hall–Kier alpha value is -3.00. The van der Waals surface area contributed by atoms with Gasteiger partial charge in [0, 0.05) is 38.9 Å². The maximum atomic E-state index is 13.5. The number of amides is 1. The van der Waals surface area contributed by atoms with Crippen LogP contribution in [0.1, 0.15) is 34.2 Å². The molecule has 0 saturated carbocycles. The van der Waals surface area contributed by atoms with Crippen LogP contribution in [0.3, 0.4) is 0 Å². The molecule has 0 aliphatic carbocycles. The lowest BCUT2D eigenvalue weighted by molar-refractivity contribution is 0.0787. The number of rotatable bonds is 5. The summed E-state index contributed by atoms with van der Waals surface area (Å²) in [5, 5.41) is 11.8. The van der Waals surface area contributed by atoms with E-state index in [1.54, 1.807) is 20.9 Å². The molecular weight excluding hydrogens is 384 g/mol. The van der Waals surface area contributed by atoms with Crippen LogP contribution in [0, 0.1) is 13.8 Å². The van der Waals surface area contributed by atoms with E-state index in [4.69, 9.17) is 4.98 Å². The van der Waals surface area contributed by atoms with Gasteiger partial charge in [0.15, 0.2) is 5.65 Å². The van der Waals surface area contributed by atoms with Crippen LogP contribution in [0.2, 0.25) is 0 Å². The van der Waals surface area contributed by atoms with Crippen LogP contribution in [-0.2, 0) is 20.1 Å². The Morgan fingerprint density at radius 3 is 2.69 bits per heavy atom. The van der Waals surface area contributed by atoms with E-state index >= 15 is 0 Å². The van der Waals surface area contributed by atoms with Crippen molar-refractivity contribution in [2.45, 2.75) is 33.9 Å². The fraction of sp³-hybridized carbons (Fsp3) is 0.333. The molecule has 4 aromatic rings. The van der Waals surface area contributed by atoms with Crippen LogP contribution in [-0.4, -0.2) is 42.4 Å². The Balaban J connectivity index is 1.77. The molecule has 0 bridgehead atoms. The fourth-order valence-corrected chi connectivity index (χ4v) is 4.26. The molecule has 4 heterocycles. The molecule has 150 valence electrons. The quantitative estimate of drug-likeness (QED) is 0.504. The van der Waals surface area contributed by atoms with Gasteiger partial charge in [-0.05, 0) is 38.3 Å². The highest BCUT2D eigenvalue weighted by Gasteiger charge is 2.22. The fourth-order valence-electron chi connectivity index (χ4n) is 3.57. The van der Waals surface area contributed by atoms with E-state index in [0.717, 1.165) is 45.1 Å². The first-order valence-corrected chi connectivity index (χ1v) is 10.4. The molecule has 4 rings (SSSR count). The first-order valence-electron chi connectivity index (χ1n) is 9.55. The third kappa shape index (κ3) is 3.44. The summed E-state index contributed by atoms with van der Waals surface area (Å²) in [6.07, 6.45) is 2.01. The number of hydrogen-bond donors (Lipinski definition) is 0. The zero-order valence-corrected chi connectivity index (χ0v) is 18.1. The van der Waals surface area contributed by atoms with E-state index in [9.17, 15) is 4.79 Å². The number of carbonyl (C=O) groups excluding carboxylic acids is 1. The van der Waals surface area contributed by atoms with Gasteiger partial charge in [0.2, 0.25) is 0 Å². The highest BCUT2D eigenvalue weighted by Crippen LogP contribution is 2.30. The van der Waals surface area contributed by atoms with Gasteiger partial charge in [0.25, 0.3) is 5.91 Å². The van der Waals surface area contributed by atoms with E-state index in [1.165, 1.54) is 0 Å². The normalized spacial score (nSPS) is 11.3. The Labute approximate surface area is 173 Å². The topological polar surface area (TPSA) is 68.8 Å². The van der Waals surface area contributed by atoms with Crippen molar-refractivity contribution in [3.8, 4) is 10.6 Å². The molecule has 0 fully saturated rings. The SMILES string of the molecule is CCn1cc(CN(C)C(=O)c2cc(-c3cccs3)nc3c2c(C)nn3C)c(C)n1. The Bertz CT molecular complexity index is 1190. The lowest BCUT2D eigenvalue weighted by Crippen LogP contribution is -2.26. The van der Waals surface area contributed by atoms with E-state index in [1.807, 2.05) is 62.4 Å². The molecule has 0 N–H and O–H groups in total. The van der Waals surface area contributed by atoms with Crippen molar-refractivity contribution in [2.75, 3.05) is 7.05 Å². The highest BCUT2D eigenvalue weighted by atomic mass is 32.1. The summed E-state index contributed by atoms with van der Waals surface area (Å²) in [6, 6.07) is 5.90. The van der Waals surface area contributed by atoms with Crippen molar-refractivity contribution in [1.29, 1.82) is 0 Å². The molecule has 0 saturated heterocycles. The van der Waals surface area contributed by atoms with E-state index in [-0.39, 0.29) is 5.91 Å². The van der Waals surface area contributed by atoms with Crippen molar-refractivity contribution < 1.29 is 4.79 Å². The number of thiophene rings is 1. The third-order valence-corrected chi connectivity index (χ3v) is 5.99. The Morgan fingerprint density at radius 2 is 2.03 bits per heavy atom. The first kappa shape index (κ1) is 19.3. The van der Waals surface area contributed by atoms with Gasteiger partial charge in [-0.3, -0.25) is 14.2 Å². The number of aryl methyl sites for hydroxylation is 4. The number of pyridine rings is 1. The van der Waals surface area contributed by atoms with E-state index in [2.05, 4.69) is 17.1 Å². The van der Waals surface area contributed by atoms with Gasteiger partial charge < -0.3 is 4.90 Å². The zero-order chi connectivity index (χ0) is 20.7. The molecular formula is C21H24N6OS. The van der Waals surface area contributed by atoms with Crippen molar-refractivity contribution >= 4 is 28.3 Å². The highest BCUT2D eigenvalue weighted by molar-refractivity contribution is 7.13. The van der Waals surface area contributed by atoms with Crippen molar-refractivity contribution in [3.63, 3.8) is 0 Å². The summed E-state index contributed by atoms with van der Waals surface area (Å²) in [7, 11) is 3.69. The maximum absolute atomic E-state index is 13.5. The Morgan fingerprint density at radius 1 is 1.24 bits per heavy atom. The summed E-state index contributed by atoms with van der Waals surface area (Å²) in [4.78, 5) is 21.0. The lowest BCUT2D eigenvalue weighted by Gasteiger charge is -2.18. The molecule has 0 aliphatic rings. The summed E-state index contributed by atoms with van der Waals surface area (Å²) in [5.41, 5.74) is 4.95. The van der Waals surface area contributed by atoms with Gasteiger partial charge in [0.1, 0.15) is 0 Å². The van der Waals surface area contributed by atoms with Crippen molar-refractivity contribution in [1.82, 2.24) is 29.4 Å². The summed E-state index contributed by atoms with van der Waals surface area (Å²) < 4.78 is 3.64. The minimum Gasteiger partial charge on any atom is -0.337 e. The van der Waals surface area contributed by atoms with Crippen LogP contribution in [0.25, 0.3) is 21.6 Å². The second-order valence-electron chi connectivity index (χ2n) is 7.20. The lowest BCUT2D eigenvalue weighted by atomic mass is 10.1. The second kappa shape index (κ2) is 7.44. The van der Waals surface area contributed by atoms with Crippen molar-refractivity contribution in [3.05, 3.63) is 52.3 Å². The number of nitrogens with zero attached hydrogens (tertiary/aromatic N) is 6. The van der Waals surface area contributed by atoms with Gasteiger partial charge in [0.05, 0.1) is 32.9 Å². The van der Waals surface area contributed by atoms with Gasteiger partial charge in [-0.25, -0.2) is 4.98 Å². The Kier molecular flexibility index (Phi) is 4.96. The minimum absolute atomic E-state index is 0.0463. The van der Waals surface area contributed by atoms with Gasteiger partial charge in [-0.1, -0.05) is 6.07 Å². The first-order chi connectivity index (χ1) is 13.9. The predicted molar refractivity (Wildman–Crippen MR) is 115 cm³/mol. The predicted octanol–water partition coefficient (Wildman–Crippen LogP) is 3.80. The number of hydrogen-bond acceptors (Lipinski definition) is 5. The minimum atomic E-state index is -0.0463. The van der Waals surface area contributed by atoms with E-state index < -0.39 is 0 Å². The average molecular weight is 409 g/mol. The molecule has 0 atom stereocenters. The molecule has 4 aromatic heterocycles. The molecule has 1 amide bonds. The van der Waals surface area contributed by atoms with Crippen LogP contribution < -0.4 is 0 Å². The summed E-state index contributed by atoms with van der Waals surface area (Å²) in [5.74, 6) is -0.0463. The molecule has 0 aliphatic heterocycles. The summed E-state index contributed by atoms with van der Waals surface area (Å²) >= 11 is 1.61. The molecule has 29 heavy (non-hydrogen) atoms. The molecule has 0 unspecified atom stereocenters. The monoisotopic (exact) mass is 408 g/mol. The standard InChI is InChI=1S/C21H24N6OS/c1-6-27-12-15(13(2)24-27)11-25(4)21(28)16-10-17(18-8-7-9-29-18)22-20-19(16)14(3)23-26(20)5/h7-10,12H,6,11H2,1-5H3. The number of aromatic nitrogens is 5. The van der Waals surface area contributed by atoms with Crippen LogP contribution in [0.4, 0.5) is 0 Å². The van der Waals surface area contributed by atoms with E-state index in [0.29, 0.717) is 12.1 Å². The second-order valence-corrected chi connectivity index (χ2v) is 8.14. The van der Waals surface area contributed by atoms with Gasteiger partial charge >= 0.3 is 0 Å². The van der Waals surface area contributed by atoms with Crippen LogP contribution in [0.5, 0.6) is 0 Å². The number of fused-ring (bicyclic) bond motifs is 1. The van der Waals surface area contributed by atoms with Crippen LogP contribution in [0.15, 0.2) is 29.8 Å². The van der Waals surface area contributed by atoms with Crippen LogP contribution >= 0.6 is 11.3 Å². The molecule has 8 heteroatoms.